The molecule has 2 aromatic rings. The third-order valence-corrected chi connectivity index (χ3v) is 2.66. The van der Waals surface area contributed by atoms with Gasteiger partial charge in [-0.1, -0.05) is 6.07 Å². The van der Waals surface area contributed by atoms with E-state index in [0.717, 1.165) is 11.5 Å². The molecule has 2 N–H and O–H groups in total. The van der Waals surface area contributed by atoms with E-state index in [1.54, 1.807) is 20.4 Å². The van der Waals surface area contributed by atoms with Crippen molar-refractivity contribution in [3.05, 3.63) is 48.0 Å². The standard InChI is InChI=1S/C14H18N4O2.HI/c1-15-14(17-10-12-6-4-8-20-12)16-9-11-5-3-7-13(18-11)19-2;/h3-8H,9-10H2,1-2H3,(H2,15,16,17);1H. The lowest BCUT2D eigenvalue weighted by molar-refractivity contribution is 0.396. The normalized spacial score (nSPS) is 10.7. The lowest BCUT2D eigenvalue weighted by Gasteiger charge is -2.11. The molecular weight excluding hydrogens is 383 g/mol. The maximum absolute atomic E-state index is 5.25. The van der Waals surface area contributed by atoms with Crippen LogP contribution in [-0.2, 0) is 13.1 Å². The van der Waals surface area contributed by atoms with Gasteiger partial charge in [0.1, 0.15) is 5.76 Å². The van der Waals surface area contributed by atoms with Crippen LogP contribution in [0.2, 0.25) is 0 Å². The highest BCUT2D eigenvalue weighted by Gasteiger charge is 2.02. The van der Waals surface area contributed by atoms with Crippen molar-refractivity contribution in [2.75, 3.05) is 14.2 Å². The fourth-order valence-electron chi connectivity index (χ4n) is 1.65. The number of furan rings is 1. The number of ether oxygens (including phenoxy) is 1. The van der Waals surface area contributed by atoms with E-state index in [1.165, 1.54) is 0 Å². The van der Waals surface area contributed by atoms with Gasteiger partial charge in [0.05, 0.1) is 32.2 Å². The van der Waals surface area contributed by atoms with Crippen molar-refractivity contribution in [2.45, 2.75) is 13.1 Å². The largest absolute Gasteiger partial charge is 0.481 e. The monoisotopic (exact) mass is 402 g/mol. The van der Waals surface area contributed by atoms with Gasteiger partial charge >= 0.3 is 0 Å². The van der Waals surface area contributed by atoms with Gasteiger partial charge in [0.25, 0.3) is 0 Å². The Balaban J connectivity index is 0.00000220. The third-order valence-electron chi connectivity index (χ3n) is 2.66. The second-order valence-corrected chi connectivity index (χ2v) is 4.03. The summed E-state index contributed by atoms with van der Waals surface area (Å²) in [5, 5.41) is 6.34. The van der Waals surface area contributed by atoms with Gasteiger partial charge in [-0.05, 0) is 18.2 Å². The van der Waals surface area contributed by atoms with Gasteiger partial charge in [0, 0.05) is 13.1 Å². The first-order chi connectivity index (χ1) is 9.81. The summed E-state index contributed by atoms with van der Waals surface area (Å²) in [5.74, 6) is 2.14. The van der Waals surface area contributed by atoms with Crippen LogP contribution in [0.25, 0.3) is 0 Å². The number of nitrogens with zero attached hydrogens (tertiary/aromatic N) is 2. The quantitative estimate of drug-likeness (QED) is 0.456. The van der Waals surface area contributed by atoms with Crippen molar-refractivity contribution in [1.82, 2.24) is 15.6 Å². The summed E-state index contributed by atoms with van der Waals surface area (Å²) in [5.41, 5.74) is 0.880. The van der Waals surface area contributed by atoms with E-state index in [2.05, 4.69) is 20.6 Å². The smallest absolute Gasteiger partial charge is 0.213 e. The number of aliphatic imine (C=N–C) groups is 1. The van der Waals surface area contributed by atoms with E-state index >= 15 is 0 Å². The summed E-state index contributed by atoms with van der Waals surface area (Å²) in [7, 11) is 3.32. The number of methoxy groups -OCH3 is 1. The van der Waals surface area contributed by atoms with E-state index in [4.69, 9.17) is 9.15 Å². The Morgan fingerprint density at radius 3 is 2.71 bits per heavy atom. The van der Waals surface area contributed by atoms with Gasteiger partial charge in [-0.15, -0.1) is 24.0 Å². The number of rotatable bonds is 5. The van der Waals surface area contributed by atoms with Crippen LogP contribution in [0.5, 0.6) is 5.88 Å². The van der Waals surface area contributed by atoms with Crippen LogP contribution in [0.15, 0.2) is 46.0 Å². The molecule has 0 amide bonds. The van der Waals surface area contributed by atoms with E-state index in [-0.39, 0.29) is 24.0 Å². The first-order valence-electron chi connectivity index (χ1n) is 6.28. The molecule has 0 aromatic carbocycles. The average Bonchev–Trinajstić information content (AvgIpc) is 3.01. The molecule has 0 spiro atoms. The van der Waals surface area contributed by atoms with E-state index in [0.29, 0.717) is 24.9 Å². The number of hydrogen-bond donors (Lipinski definition) is 2. The first-order valence-corrected chi connectivity index (χ1v) is 6.28. The maximum Gasteiger partial charge on any atom is 0.213 e. The molecule has 0 saturated carbocycles. The molecule has 2 rings (SSSR count). The Bertz CT molecular complexity index is 558. The van der Waals surface area contributed by atoms with Crippen LogP contribution in [0.3, 0.4) is 0 Å². The van der Waals surface area contributed by atoms with Gasteiger partial charge in [0.2, 0.25) is 5.88 Å². The van der Waals surface area contributed by atoms with Gasteiger partial charge < -0.3 is 19.8 Å². The lowest BCUT2D eigenvalue weighted by Crippen LogP contribution is -2.36. The zero-order valence-corrected chi connectivity index (χ0v) is 14.3. The second-order valence-electron chi connectivity index (χ2n) is 4.03. The van der Waals surface area contributed by atoms with E-state index in [9.17, 15) is 0 Å². The van der Waals surface area contributed by atoms with Crippen molar-refractivity contribution in [3.8, 4) is 5.88 Å². The minimum atomic E-state index is 0. The predicted molar refractivity (Wildman–Crippen MR) is 92.0 cm³/mol. The topological polar surface area (TPSA) is 71.7 Å². The van der Waals surface area contributed by atoms with E-state index in [1.807, 2.05) is 30.3 Å². The first kappa shape index (κ1) is 17.3. The summed E-state index contributed by atoms with van der Waals surface area (Å²) >= 11 is 0. The average molecular weight is 402 g/mol. The van der Waals surface area contributed by atoms with Crippen LogP contribution >= 0.6 is 24.0 Å². The molecular formula is C14H19IN4O2. The maximum atomic E-state index is 5.25. The molecule has 21 heavy (non-hydrogen) atoms. The number of aromatic nitrogens is 1. The van der Waals surface area contributed by atoms with E-state index < -0.39 is 0 Å². The number of hydrogen-bond acceptors (Lipinski definition) is 4. The van der Waals surface area contributed by atoms with Crippen molar-refractivity contribution >= 4 is 29.9 Å². The molecule has 7 heteroatoms. The molecule has 0 aliphatic heterocycles. The lowest BCUT2D eigenvalue weighted by atomic mass is 10.3. The van der Waals surface area contributed by atoms with Gasteiger partial charge in [-0.2, -0.15) is 0 Å². The molecule has 0 radical (unpaired) electrons. The Kier molecular flexibility index (Phi) is 7.59. The number of pyridine rings is 1. The summed E-state index contributed by atoms with van der Waals surface area (Å²) in [6.45, 7) is 1.15. The van der Waals surface area contributed by atoms with Gasteiger partial charge in [-0.25, -0.2) is 4.98 Å². The number of halogens is 1. The SMILES string of the molecule is CN=C(NCc1cccc(OC)n1)NCc1ccco1.I. The molecule has 2 heterocycles. The van der Waals surface area contributed by atoms with Crippen LogP contribution in [-0.4, -0.2) is 25.1 Å². The Labute approximate surface area is 141 Å². The molecule has 114 valence electrons. The molecule has 0 aliphatic carbocycles. The number of nitrogens with one attached hydrogen (secondary N) is 2. The highest BCUT2D eigenvalue weighted by atomic mass is 127. The Morgan fingerprint density at radius 2 is 2.05 bits per heavy atom. The van der Waals surface area contributed by atoms with Crippen molar-refractivity contribution in [2.24, 2.45) is 4.99 Å². The predicted octanol–water partition coefficient (Wildman–Crippen LogP) is 2.17. The van der Waals surface area contributed by atoms with Crippen molar-refractivity contribution < 1.29 is 9.15 Å². The Morgan fingerprint density at radius 1 is 1.24 bits per heavy atom. The zero-order chi connectivity index (χ0) is 14.2. The molecule has 0 atom stereocenters. The van der Waals surface area contributed by atoms with Gasteiger partial charge in [-0.3, -0.25) is 4.99 Å². The van der Waals surface area contributed by atoms with Crippen LogP contribution < -0.4 is 15.4 Å². The molecule has 0 aliphatic rings. The van der Waals surface area contributed by atoms with Crippen LogP contribution in [0.4, 0.5) is 0 Å². The van der Waals surface area contributed by atoms with Crippen molar-refractivity contribution in [3.63, 3.8) is 0 Å². The molecule has 0 bridgehead atoms. The molecule has 0 saturated heterocycles. The van der Waals surface area contributed by atoms with Crippen LogP contribution in [0.1, 0.15) is 11.5 Å². The summed E-state index contributed by atoms with van der Waals surface area (Å²) in [4.78, 5) is 8.46. The highest BCUT2D eigenvalue weighted by Crippen LogP contribution is 2.06. The fourth-order valence-corrected chi connectivity index (χ4v) is 1.65. The molecule has 0 fully saturated rings. The molecule has 0 unspecified atom stereocenters. The Hall–Kier alpha value is -1.77. The zero-order valence-electron chi connectivity index (χ0n) is 12.0. The van der Waals surface area contributed by atoms with Crippen LogP contribution in [0, 0.1) is 0 Å². The minimum Gasteiger partial charge on any atom is -0.481 e. The number of guanidine groups is 1. The van der Waals surface area contributed by atoms with Crippen molar-refractivity contribution in [1.29, 1.82) is 0 Å². The minimum absolute atomic E-state index is 0. The highest BCUT2D eigenvalue weighted by molar-refractivity contribution is 14.0. The molecule has 6 nitrogen and oxygen atoms in total. The summed E-state index contributed by atoms with van der Waals surface area (Å²) in [6.07, 6.45) is 1.65. The fraction of sp³-hybridized carbons (Fsp3) is 0.286. The second kappa shape index (κ2) is 9.22. The summed E-state index contributed by atoms with van der Waals surface area (Å²) in [6, 6.07) is 9.40. The summed E-state index contributed by atoms with van der Waals surface area (Å²) < 4.78 is 10.3. The molecule has 2 aromatic heterocycles. The third kappa shape index (κ3) is 5.62. The van der Waals surface area contributed by atoms with Gasteiger partial charge in [0.15, 0.2) is 5.96 Å².